The molecule has 0 unspecified atom stereocenters. The van der Waals surface area contributed by atoms with Crippen molar-refractivity contribution in [2.75, 3.05) is 45.2 Å². The van der Waals surface area contributed by atoms with Gasteiger partial charge in [-0.15, -0.1) is 24.0 Å². The Morgan fingerprint density at radius 1 is 1.14 bits per heavy atom. The molecule has 2 heterocycles. The summed E-state index contributed by atoms with van der Waals surface area (Å²) in [7, 11) is 3.18. The zero-order valence-corrected chi connectivity index (χ0v) is 18.5. The first kappa shape index (κ1) is 21.9. The van der Waals surface area contributed by atoms with Crippen molar-refractivity contribution in [3.63, 3.8) is 0 Å². The highest BCUT2D eigenvalue weighted by atomic mass is 127. The van der Waals surface area contributed by atoms with Crippen LogP contribution in [0.4, 0.5) is 5.82 Å². The summed E-state index contributed by atoms with van der Waals surface area (Å²) in [6.45, 7) is 4.24. The Morgan fingerprint density at radius 3 is 2.43 bits per heavy atom. The van der Waals surface area contributed by atoms with E-state index in [1.807, 2.05) is 36.5 Å². The molecule has 150 valence electrons. The molecule has 1 fully saturated rings. The number of nitrogens with zero attached hydrogens (tertiary/aromatic N) is 4. The number of esters is 1. The van der Waals surface area contributed by atoms with Gasteiger partial charge < -0.3 is 19.9 Å². The maximum Gasteiger partial charge on any atom is 0.337 e. The van der Waals surface area contributed by atoms with Crippen molar-refractivity contribution in [1.82, 2.24) is 15.2 Å². The van der Waals surface area contributed by atoms with Gasteiger partial charge in [0.15, 0.2) is 5.96 Å². The Kier molecular flexibility index (Phi) is 8.49. The second kappa shape index (κ2) is 10.8. The summed E-state index contributed by atoms with van der Waals surface area (Å²) in [5.74, 6) is 1.58. The largest absolute Gasteiger partial charge is 0.465 e. The molecule has 3 rings (SSSR count). The highest BCUT2D eigenvalue weighted by molar-refractivity contribution is 14.0. The van der Waals surface area contributed by atoms with Crippen LogP contribution in [0.15, 0.2) is 53.7 Å². The summed E-state index contributed by atoms with van der Waals surface area (Å²) in [4.78, 5) is 24.9. The van der Waals surface area contributed by atoms with Crippen LogP contribution < -0.4 is 10.2 Å². The Labute approximate surface area is 182 Å². The molecule has 1 aliphatic heterocycles. The highest BCUT2D eigenvalue weighted by Crippen LogP contribution is 2.13. The fourth-order valence-electron chi connectivity index (χ4n) is 3.08. The van der Waals surface area contributed by atoms with E-state index in [4.69, 9.17) is 4.74 Å². The van der Waals surface area contributed by atoms with Gasteiger partial charge in [0.2, 0.25) is 0 Å². The number of aliphatic imine (C=N–C) groups is 1. The van der Waals surface area contributed by atoms with Crippen LogP contribution in [-0.2, 0) is 11.3 Å². The molecule has 8 heteroatoms. The molecule has 1 N–H and O–H groups in total. The predicted molar refractivity (Wildman–Crippen MR) is 121 cm³/mol. The first-order valence-electron chi connectivity index (χ1n) is 9.00. The minimum absolute atomic E-state index is 0. The summed E-state index contributed by atoms with van der Waals surface area (Å²) >= 11 is 0. The molecule has 2 aromatic rings. The summed E-state index contributed by atoms with van der Waals surface area (Å²) in [6, 6.07) is 13.4. The number of ether oxygens (including phenoxy) is 1. The smallest absolute Gasteiger partial charge is 0.337 e. The Hall–Kier alpha value is -2.36. The average molecular weight is 495 g/mol. The lowest BCUT2D eigenvalue weighted by atomic mass is 10.1. The number of hydrogen-bond donors (Lipinski definition) is 1. The van der Waals surface area contributed by atoms with Crippen molar-refractivity contribution >= 4 is 41.7 Å². The first-order chi connectivity index (χ1) is 13.2. The number of hydrogen-bond acceptors (Lipinski definition) is 5. The van der Waals surface area contributed by atoms with E-state index in [0.29, 0.717) is 12.1 Å². The summed E-state index contributed by atoms with van der Waals surface area (Å²) in [5.41, 5.74) is 1.63. The molecule has 1 aliphatic rings. The SMILES string of the molecule is CN=C(NCc1ccc(C(=O)OC)cc1)N1CCN(c2ccccn2)CC1.I. The van der Waals surface area contributed by atoms with Gasteiger partial charge in [-0.2, -0.15) is 0 Å². The van der Waals surface area contributed by atoms with E-state index in [1.165, 1.54) is 7.11 Å². The van der Waals surface area contributed by atoms with E-state index in [0.717, 1.165) is 43.5 Å². The molecule has 1 aromatic carbocycles. The van der Waals surface area contributed by atoms with Crippen LogP contribution in [0.2, 0.25) is 0 Å². The third kappa shape index (κ3) is 5.57. The van der Waals surface area contributed by atoms with Crippen molar-refractivity contribution in [1.29, 1.82) is 0 Å². The normalized spacial score (nSPS) is 14.3. The Balaban J connectivity index is 0.00000280. The van der Waals surface area contributed by atoms with E-state index in [-0.39, 0.29) is 29.9 Å². The molecule has 0 bridgehead atoms. The molecule has 0 spiro atoms. The second-order valence-corrected chi connectivity index (χ2v) is 6.25. The van der Waals surface area contributed by atoms with Crippen LogP contribution in [0, 0.1) is 0 Å². The van der Waals surface area contributed by atoms with Crippen molar-refractivity contribution in [2.45, 2.75) is 6.54 Å². The van der Waals surface area contributed by atoms with Crippen LogP contribution in [0.1, 0.15) is 15.9 Å². The molecule has 0 saturated carbocycles. The van der Waals surface area contributed by atoms with Crippen molar-refractivity contribution in [3.8, 4) is 0 Å². The third-order valence-electron chi connectivity index (χ3n) is 4.59. The number of nitrogens with one attached hydrogen (secondary N) is 1. The van der Waals surface area contributed by atoms with Gasteiger partial charge in [-0.05, 0) is 29.8 Å². The number of guanidine groups is 1. The Bertz CT molecular complexity index is 775. The molecule has 0 radical (unpaired) electrons. The maximum atomic E-state index is 11.5. The molecular weight excluding hydrogens is 469 g/mol. The number of benzene rings is 1. The topological polar surface area (TPSA) is 70.1 Å². The standard InChI is InChI=1S/C20H25N5O2.HI/c1-21-20(23-15-16-6-8-17(9-7-16)19(26)27-2)25-13-11-24(12-14-25)18-5-3-4-10-22-18;/h3-10H,11-15H2,1-2H3,(H,21,23);1H. The number of carbonyl (C=O) groups is 1. The molecule has 0 aliphatic carbocycles. The van der Waals surface area contributed by atoms with Crippen LogP contribution in [0.5, 0.6) is 0 Å². The van der Waals surface area contributed by atoms with Gasteiger partial charge in [-0.3, -0.25) is 4.99 Å². The summed E-state index contributed by atoms with van der Waals surface area (Å²) in [6.07, 6.45) is 1.83. The highest BCUT2D eigenvalue weighted by Gasteiger charge is 2.20. The number of methoxy groups -OCH3 is 1. The molecule has 7 nitrogen and oxygen atoms in total. The van der Waals surface area contributed by atoms with Crippen LogP contribution in [0.25, 0.3) is 0 Å². The van der Waals surface area contributed by atoms with Gasteiger partial charge in [0.05, 0.1) is 12.7 Å². The average Bonchev–Trinajstić information content (AvgIpc) is 2.75. The minimum atomic E-state index is -0.323. The van der Waals surface area contributed by atoms with Gasteiger partial charge in [0.25, 0.3) is 0 Å². The zero-order valence-electron chi connectivity index (χ0n) is 16.2. The maximum absolute atomic E-state index is 11.5. The monoisotopic (exact) mass is 495 g/mol. The number of pyridine rings is 1. The molecule has 1 aromatic heterocycles. The summed E-state index contributed by atoms with van der Waals surface area (Å²) < 4.78 is 4.72. The van der Waals surface area contributed by atoms with Gasteiger partial charge in [-0.25, -0.2) is 9.78 Å². The number of halogens is 1. The fourth-order valence-corrected chi connectivity index (χ4v) is 3.08. The molecule has 0 amide bonds. The van der Waals surface area contributed by atoms with Crippen LogP contribution in [-0.4, -0.2) is 62.1 Å². The lowest BCUT2D eigenvalue weighted by Gasteiger charge is -2.37. The van der Waals surface area contributed by atoms with Gasteiger partial charge >= 0.3 is 5.97 Å². The molecular formula is C20H26IN5O2. The number of piperazine rings is 1. The van der Waals surface area contributed by atoms with Crippen molar-refractivity contribution < 1.29 is 9.53 Å². The molecule has 28 heavy (non-hydrogen) atoms. The predicted octanol–water partition coefficient (Wildman–Crippen LogP) is 2.38. The lowest BCUT2D eigenvalue weighted by Crippen LogP contribution is -2.52. The summed E-state index contributed by atoms with van der Waals surface area (Å²) in [5, 5.41) is 3.40. The van der Waals surface area contributed by atoms with E-state index in [2.05, 4.69) is 25.1 Å². The van der Waals surface area contributed by atoms with Gasteiger partial charge in [0.1, 0.15) is 5.82 Å². The lowest BCUT2D eigenvalue weighted by molar-refractivity contribution is 0.0600. The molecule has 1 saturated heterocycles. The number of aromatic nitrogens is 1. The number of rotatable bonds is 4. The second-order valence-electron chi connectivity index (χ2n) is 6.25. The Morgan fingerprint density at radius 2 is 1.86 bits per heavy atom. The molecule has 0 atom stereocenters. The van der Waals surface area contributed by atoms with Crippen LogP contribution in [0.3, 0.4) is 0 Å². The van der Waals surface area contributed by atoms with Gasteiger partial charge in [-0.1, -0.05) is 18.2 Å². The van der Waals surface area contributed by atoms with Gasteiger partial charge in [0, 0.05) is 46.0 Å². The first-order valence-corrected chi connectivity index (χ1v) is 9.00. The van der Waals surface area contributed by atoms with Crippen molar-refractivity contribution in [3.05, 3.63) is 59.8 Å². The van der Waals surface area contributed by atoms with E-state index in [1.54, 1.807) is 19.2 Å². The van der Waals surface area contributed by atoms with Crippen molar-refractivity contribution in [2.24, 2.45) is 4.99 Å². The zero-order chi connectivity index (χ0) is 19.1. The van der Waals surface area contributed by atoms with E-state index >= 15 is 0 Å². The van der Waals surface area contributed by atoms with E-state index in [9.17, 15) is 4.79 Å². The van der Waals surface area contributed by atoms with E-state index < -0.39 is 0 Å². The third-order valence-corrected chi connectivity index (χ3v) is 4.59. The number of carbonyl (C=O) groups excluding carboxylic acids is 1. The number of anilines is 1. The van der Waals surface area contributed by atoms with Crippen LogP contribution >= 0.6 is 24.0 Å². The minimum Gasteiger partial charge on any atom is -0.465 e. The quantitative estimate of drug-likeness (QED) is 0.304. The fraction of sp³-hybridized carbons (Fsp3) is 0.350.